The molecule has 6 aromatic rings. The van der Waals surface area contributed by atoms with Crippen molar-refractivity contribution >= 4 is 66.9 Å². The van der Waals surface area contributed by atoms with E-state index in [1.807, 2.05) is 0 Å². The molecule has 1 N–H and O–H groups in total. The van der Waals surface area contributed by atoms with E-state index in [2.05, 4.69) is 42.1 Å². The van der Waals surface area contributed by atoms with E-state index < -0.39 is 53.4 Å². The maximum absolute atomic E-state index is 14.7. The predicted molar refractivity (Wildman–Crippen MR) is 223 cm³/mol. The van der Waals surface area contributed by atoms with E-state index in [9.17, 15) is 71.1 Å². The third-order valence-corrected chi connectivity index (χ3v) is 12.5. The Kier molecular flexibility index (Phi) is 13.9. The Balaban J connectivity index is 0.000000226. The number of aromatic carboxylic acids is 1. The van der Waals surface area contributed by atoms with E-state index >= 15 is 0 Å². The Morgan fingerprint density at radius 3 is 1.31 bits per heavy atom. The molecule has 1 amide bonds. The summed E-state index contributed by atoms with van der Waals surface area (Å²) in [5, 5.41) is 17.3. The average Bonchev–Trinajstić information content (AvgIpc) is 3.47. The first-order chi connectivity index (χ1) is 31.2. The molecule has 7 rings (SSSR count). The third kappa shape index (κ3) is 9.23. The normalized spacial score (nSPS) is 14.0. The summed E-state index contributed by atoms with van der Waals surface area (Å²) in [6.45, 7) is 0. The number of carboxylic acid groups (broad SMARTS) is 1. The van der Waals surface area contributed by atoms with Crippen LogP contribution in [0, 0.1) is 0 Å². The van der Waals surface area contributed by atoms with E-state index in [4.69, 9.17) is 28.3 Å². The van der Waals surface area contributed by atoms with Crippen LogP contribution in [0.3, 0.4) is 0 Å². The van der Waals surface area contributed by atoms with Crippen LogP contribution in [0.1, 0.15) is 44.9 Å². The van der Waals surface area contributed by atoms with Gasteiger partial charge in [0.05, 0.1) is 53.9 Å². The molecule has 0 spiro atoms. The Bertz CT molecular complexity index is 2890. The van der Waals surface area contributed by atoms with Crippen molar-refractivity contribution in [3.05, 3.63) is 115 Å². The van der Waals surface area contributed by atoms with Gasteiger partial charge in [-0.1, -0.05) is 35.3 Å². The largest absolute Gasteiger partial charge is 0.478 e. The SMILES string of the molecule is CN(C(=O)c1cc(-c2cnn(-c3c(Br)cc(C(F)(C(F)(F)F)C(F)(F)F)n3C)c2)ccc1Cl)C1CC1.Cn1c(C(F)(C(F)(F)F)C(F)(F)F)cc(Br)c1-n1cc(-c2ccc(Cl)c(C(=O)O)c2)cn1. The minimum absolute atomic E-state index is 0.0398. The summed E-state index contributed by atoms with van der Waals surface area (Å²) >= 11 is 17.8. The first-order valence-electron chi connectivity index (χ1n) is 18.7. The van der Waals surface area contributed by atoms with E-state index in [-0.39, 0.29) is 59.3 Å². The number of hydrogen-bond donors (Lipinski definition) is 1. The van der Waals surface area contributed by atoms with E-state index in [0.717, 1.165) is 36.3 Å². The number of carboxylic acids is 1. The van der Waals surface area contributed by atoms with Gasteiger partial charge in [0.1, 0.15) is 11.6 Å². The van der Waals surface area contributed by atoms with Crippen molar-refractivity contribution in [1.29, 1.82) is 0 Å². The van der Waals surface area contributed by atoms with E-state index in [1.54, 1.807) is 18.0 Å². The lowest BCUT2D eigenvalue weighted by molar-refractivity contribution is -0.351. The van der Waals surface area contributed by atoms with Crippen molar-refractivity contribution in [1.82, 2.24) is 33.6 Å². The lowest BCUT2D eigenvalue weighted by Gasteiger charge is -2.30. The summed E-state index contributed by atoms with van der Waals surface area (Å²) in [6.07, 6.45) is -18.2. The fraction of sp³-hybridized carbons (Fsp3) is 0.300. The van der Waals surface area contributed by atoms with Crippen LogP contribution in [0.15, 0.2) is 82.3 Å². The van der Waals surface area contributed by atoms with E-state index in [1.165, 1.54) is 55.1 Å². The number of amides is 1. The molecule has 0 atom stereocenters. The number of nitrogens with zero attached hydrogens (tertiary/aromatic N) is 7. The Labute approximate surface area is 399 Å². The molecule has 1 fully saturated rings. The zero-order chi connectivity index (χ0) is 51.0. The minimum Gasteiger partial charge on any atom is -0.478 e. The quantitative estimate of drug-likeness (QED) is 0.145. The third-order valence-electron chi connectivity index (χ3n) is 10.7. The van der Waals surface area contributed by atoms with E-state index in [0.29, 0.717) is 38.0 Å². The topological polar surface area (TPSA) is 103 Å². The molecule has 28 heteroatoms. The summed E-state index contributed by atoms with van der Waals surface area (Å²) in [7, 11) is 3.36. The Hall–Kier alpha value is -5.08. The van der Waals surface area contributed by atoms with Crippen molar-refractivity contribution in [2.45, 2.75) is 54.9 Å². The molecule has 0 unspecified atom stereocenters. The van der Waals surface area contributed by atoms with Crippen LogP contribution in [-0.4, -0.2) is 88.4 Å². The molecule has 1 aliphatic rings. The lowest BCUT2D eigenvalue weighted by atomic mass is 10.0. The molecule has 1 aliphatic carbocycles. The summed E-state index contributed by atoms with van der Waals surface area (Å²) in [6, 6.07) is 9.52. The molecule has 4 aromatic heterocycles. The zero-order valence-corrected chi connectivity index (χ0v) is 38.8. The van der Waals surface area contributed by atoms with Gasteiger partial charge in [0.25, 0.3) is 5.91 Å². The van der Waals surface area contributed by atoms with Crippen molar-refractivity contribution < 1.29 is 76.2 Å². The number of alkyl halides is 14. The summed E-state index contributed by atoms with van der Waals surface area (Å²) < 4.78 is 190. The number of rotatable bonds is 9. The molecule has 10 nitrogen and oxygen atoms in total. The van der Waals surface area contributed by atoms with Crippen LogP contribution in [0.25, 0.3) is 33.9 Å². The molecule has 1 saturated carbocycles. The fourth-order valence-corrected chi connectivity index (χ4v) is 8.66. The van der Waals surface area contributed by atoms with Crippen LogP contribution in [-0.2, 0) is 25.4 Å². The molecular formula is C40H27Br2Cl2F14N7O3. The summed E-state index contributed by atoms with van der Waals surface area (Å²) in [4.78, 5) is 25.6. The molecule has 68 heavy (non-hydrogen) atoms. The highest BCUT2D eigenvalue weighted by Crippen LogP contribution is 2.56. The Morgan fingerprint density at radius 1 is 0.618 bits per heavy atom. The highest BCUT2D eigenvalue weighted by molar-refractivity contribution is 9.11. The van der Waals surface area contributed by atoms with Gasteiger partial charge in [-0.2, -0.15) is 62.9 Å². The van der Waals surface area contributed by atoms with Crippen LogP contribution in [0.2, 0.25) is 10.0 Å². The highest BCUT2D eigenvalue weighted by atomic mass is 79.9. The maximum Gasteiger partial charge on any atom is 0.437 e. The molecule has 0 radical (unpaired) electrons. The summed E-state index contributed by atoms with van der Waals surface area (Å²) in [5.74, 6) is -2.19. The molecule has 0 saturated heterocycles. The number of carbonyl (C=O) groups excluding carboxylic acids is 1. The number of benzene rings is 2. The van der Waals surface area contributed by atoms with Gasteiger partial charge in [0.2, 0.25) is 0 Å². The van der Waals surface area contributed by atoms with Gasteiger partial charge in [-0.25, -0.2) is 22.9 Å². The number of carbonyl (C=O) groups is 2. The van der Waals surface area contributed by atoms with Crippen molar-refractivity contribution in [3.8, 4) is 33.9 Å². The zero-order valence-electron chi connectivity index (χ0n) is 34.1. The monoisotopic (exact) mass is 1150 g/mol. The number of aromatic nitrogens is 6. The molecule has 2 aromatic carbocycles. The summed E-state index contributed by atoms with van der Waals surface area (Å²) in [5.41, 5.74) is -13.1. The van der Waals surface area contributed by atoms with Crippen LogP contribution >= 0.6 is 55.1 Å². The standard InChI is InChI=1S/C22H17BrClF7N4O.C18H10BrClF7N3O2/c1-33(13-4-5-13)19(36)14-7-11(3-6-16(14)24)12-9-32-35(10-12)18-15(23)8-17(34(18)2)20(25,21(26,27)28)22(29,30)31;1-29-13(16(21,17(22,23)24)18(25,26)27)5-11(19)14(29)30-7-9(6-28-30)8-2-3-12(20)10(4-8)15(31)32/h3,6-10,13H,4-5H2,1-2H3;2-7H,1H3,(H,31,32). The highest BCUT2D eigenvalue weighted by Gasteiger charge is 2.76. The second-order valence-corrected chi connectivity index (χ2v) is 17.5. The van der Waals surface area contributed by atoms with Gasteiger partial charge in [-0.15, -0.1) is 0 Å². The van der Waals surface area contributed by atoms with Gasteiger partial charge in [0, 0.05) is 50.7 Å². The molecule has 0 aliphatic heterocycles. The second-order valence-electron chi connectivity index (χ2n) is 15.0. The lowest BCUT2D eigenvalue weighted by Crippen LogP contribution is -2.51. The van der Waals surface area contributed by atoms with Gasteiger partial charge >= 0.3 is 42.0 Å². The van der Waals surface area contributed by atoms with Crippen molar-refractivity contribution in [2.75, 3.05) is 7.05 Å². The molecule has 4 heterocycles. The Morgan fingerprint density at radius 2 is 0.971 bits per heavy atom. The molecular weight excluding hydrogens is 1120 g/mol. The van der Waals surface area contributed by atoms with Crippen LogP contribution < -0.4 is 0 Å². The number of halogens is 18. The van der Waals surface area contributed by atoms with Gasteiger partial charge in [0.15, 0.2) is 0 Å². The second kappa shape index (κ2) is 18.0. The fourth-order valence-electron chi connectivity index (χ4n) is 6.93. The van der Waals surface area contributed by atoms with Crippen molar-refractivity contribution in [2.24, 2.45) is 14.1 Å². The average molecular weight is 1150 g/mol. The first-order valence-corrected chi connectivity index (χ1v) is 21.1. The van der Waals surface area contributed by atoms with Crippen LogP contribution in [0.4, 0.5) is 61.5 Å². The van der Waals surface area contributed by atoms with Gasteiger partial charge < -0.3 is 19.1 Å². The maximum atomic E-state index is 14.7. The number of hydrogen-bond acceptors (Lipinski definition) is 4. The van der Waals surface area contributed by atoms with Gasteiger partial charge in [-0.3, -0.25) is 4.79 Å². The van der Waals surface area contributed by atoms with Crippen LogP contribution in [0.5, 0.6) is 0 Å². The smallest absolute Gasteiger partial charge is 0.437 e. The van der Waals surface area contributed by atoms with Gasteiger partial charge in [-0.05, 0) is 92.2 Å². The minimum atomic E-state index is -6.28. The molecule has 0 bridgehead atoms. The first kappa shape index (κ1) is 52.3. The molecule has 366 valence electrons. The van der Waals surface area contributed by atoms with Crippen molar-refractivity contribution in [3.63, 3.8) is 0 Å². The predicted octanol–water partition coefficient (Wildman–Crippen LogP) is 13.1.